The standard InChI is InChI=1S/C74H110N18O19S/c1-38(2)29-48(83-62(98)44(76)31-41-17-9-8-10-18-41)66(102)88-53(34-58(78)94)72(108)92-27-16-23-56(92)71(107)87-52(36-60(96)97)68(104)84-49(30-39(3)4)65(101)82-47(24-28-112-7)64(100)81-46(21-13-14-25-75)63(99)85-51(33-57(77)93)67(103)89-54(35-59(79)95)73(109)91-26-15-22-55(91)70(106)86-50(69(105)90-61(40(5)6)74(110)111)32-42-37-80-45-20-12-11-19-43(42)45/h8-12,17-20,37-40,44,46-56,61,80H,13-16,21-36,75-76H2,1-7H3,(H2,77,93)(H2,78,94)(H2,79,95)(H,81,100)(H,82,101)(H,83,98)(H,84,104)(H,85,99)(H,86,106)(H,87,107)(H,88,102)(H,89,103)(H,90,105)(H,96,97)(H,110,111)/t44-,46-,47-,48-,49-,50-,51-,52-,53-,54-,55-,56-,61-/m0/s1. The van der Waals surface area contributed by atoms with Crippen molar-refractivity contribution >= 4 is 123 Å². The lowest BCUT2D eigenvalue weighted by Gasteiger charge is -2.31. The van der Waals surface area contributed by atoms with Crippen LogP contribution in [0.3, 0.4) is 0 Å². The monoisotopic (exact) mass is 1590 g/mol. The molecule has 0 spiro atoms. The van der Waals surface area contributed by atoms with Crippen molar-refractivity contribution in [1.82, 2.24) is 68.0 Å². The van der Waals surface area contributed by atoms with E-state index >= 15 is 0 Å². The van der Waals surface area contributed by atoms with Crippen LogP contribution in [-0.2, 0) is 94.3 Å². The number of thioether (sulfide) groups is 1. The van der Waals surface area contributed by atoms with E-state index in [-0.39, 0.29) is 108 Å². The average molecular weight is 1590 g/mol. The van der Waals surface area contributed by atoms with E-state index in [0.717, 1.165) is 15.4 Å². The van der Waals surface area contributed by atoms with Crippen molar-refractivity contribution < 1.29 is 91.7 Å². The molecule has 23 N–H and O–H groups in total. The molecule has 2 aliphatic heterocycles. The summed E-state index contributed by atoms with van der Waals surface area (Å²) in [6.07, 6.45) is 0.253. The highest BCUT2D eigenvalue weighted by Gasteiger charge is 2.44. The summed E-state index contributed by atoms with van der Waals surface area (Å²) in [5.41, 5.74) is 30.9. The molecule has 1 aromatic heterocycles. The largest absolute Gasteiger partial charge is 0.481 e. The number of carbonyl (C=O) groups is 17. The third-order valence-corrected chi connectivity index (χ3v) is 19.5. The van der Waals surface area contributed by atoms with Crippen LogP contribution in [0.5, 0.6) is 0 Å². The van der Waals surface area contributed by atoms with Crippen molar-refractivity contribution in [3.8, 4) is 0 Å². The predicted molar refractivity (Wildman–Crippen MR) is 410 cm³/mol. The molecule has 13 atom stereocenters. The molecule has 5 rings (SSSR count). The number of nitrogens with one attached hydrogen (secondary N) is 11. The zero-order chi connectivity index (χ0) is 83.2. The molecule has 0 radical (unpaired) electrons. The first-order chi connectivity index (χ1) is 52.9. The van der Waals surface area contributed by atoms with E-state index in [1.54, 1.807) is 109 Å². The Balaban J connectivity index is 1.32. The molecular weight excluding hydrogens is 1480 g/mol. The number of carbonyl (C=O) groups excluding carboxylic acids is 15. The van der Waals surface area contributed by atoms with E-state index < -0.39 is 211 Å². The number of aromatic amines is 1. The number of hydrogen-bond donors (Lipinski definition) is 18. The Morgan fingerprint density at radius 1 is 0.491 bits per heavy atom. The van der Waals surface area contributed by atoms with Gasteiger partial charge in [-0.15, -0.1) is 0 Å². The number of amides is 15. The van der Waals surface area contributed by atoms with Crippen molar-refractivity contribution in [2.24, 2.45) is 46.4 Å². The maximum absolute atomic E-state index is 14.6. The number of unbranched alkanes of at least 4 members (excludes halogenated alkanes) is 1. The molecule has 112 heavy (non-hydrogen) atoms. The molecular formula is C74H110N18O19S. The fourth-order valence-electron chi connectivity index (χ4n) is 13.2. The van der Waals surface area contributed by atoms with Gasteiger partial charge in [0.15, 0.2) is 0 Å². The van der Waals surface area contributed by atoms with Gasteiger partial charge in [-0.05, 0) is 124 Å². The van der Waals surface area contributed by atoms with Crippen molar-refractivity contribution in [2.75, 3.05) is 31.6 Å². The number of H-pyrrole nitrogens is 1. The molecule has 0 unspecified atom stereocenters. The van der Waals surface area contributed by atoms with Gasteiger partial charge < -0.3 is 107 Å². The fourth-order valence-corrected chi connectivity index (χ4v) is 13.7. The number of likely N-dealkylation sites (tertiary alicyclic amines) is 2. The van der Waals surface area contributed by atoms with Crippen molar-refractivity contribution in [3.63, 3.8) is 0 Å². The van der Waals surface area contributed by atoms with Crippen LogP contribution in [0, 0.1) is 17.8 Å². The quantitative estimate of drug-likeness (QED) is 0.0249. The predicted octanol–water partition coefficient (Wildman–Crippen LogP) is -3.07. The van der Waals surface area contributed by atoms with E-state index in [1.807, 2.05) is 0 Å². The molecule has 37 nitrogen and oxygen atoms in total. The molecule has 0 aliphatic carbocycles. The summed E-state index contributed by atoms with van der Waals surface area (Å²) in [4.78, 5) is 239. The van der Waals surface area contributed by atoms with Gasteiger partial charge in [0.2, 0.25) is 88.6 Å². The van der Waals surface area contributed by atoms with Gasteiger partial charge >= 0.3 is 11.9 Å². The van der Waals surface area contributed by atoms with Gasteiger partial charge in [0.1, 0.15) is 72.5 Å². The summed E-state index contributed by atoms with van der Waals surface area (Å²) in [7, 11) is 0. The lowest BCUT2D eigenvalue weighted by molar-refractivity contribution is -0.145. The number of carboxylic acid groups (broad SMARTS) is 2. The molecule has 2 fully saturated rings. The van der Waals surface area contributed by atoms with Gasteiger partial charge in [-0.2, -0.15) is 11.8 Å². The van der Waals surface area contributed by atoms with Gasteiger partial charge in [0.25, 0.3) is 0 Å². The molecule has 38 heteroatoms. The van der Waals surface area contributed by atoms with Crippen LogP contribution < -0.4 is 81.8 Å². The molecule has 2 aromatic carbocycles. The lowest BCUT2D eigenvalue weighted by Crippen LogP contribution is -2.61. The van der Waals surface area contributed by atoms with E-state index in [0.29, 0.717) is 22.9 Å². The number of nitrogens with two attached hydrogens (primary N) is 5. The Labute approximate surface area is 652 Å². The number of carboxylic acids is 2. The summed E-state index contributed by atoms with van der Waals surface area (Å²) in [6.45, 7) is 10.0. The first-order valence-corrected chi connectivity index (χ1v) is 38.8. The van der Waals surface area contributed by atoms with Gasteiger partial charge in [0, 0.05) is 36.6 Å². The Morgan fingerprint density at radius 3 is 1.38 bits per heavy atom. The van der Waals surface area contributed by atoms with Gasteiger partial charge in [-0.25, -0.2) is 4.79 Å². The van der Waals surface area contributed by atoms with Crippen molar-refractivity contribution in [1.29, 1.82) is 0 Å². The zero-order valence-electron chi connectivity index (χ0n) is 64.2. The van der Waals surface area contributed by atoms with Gasteiger partial charge in [-0.1, -0.05) is 90.1 Å². The Morgan fingerprint density at radius 2 is 0.911 bits per heavy atom. The SMILES string of the molecule is CSCC[C@H](NC(=O)[C@H](CC(C)C)NC(=O)[C@H](CC(=O)O)NC(=O)[C@@H]1CCCN1C(=O)[C@H](CC(N)=O)NC(=O)[C@H](CC(C)C)NC(=O)[C@@H](N)Cc1ccccc1)C(=O)N[C@@H](CCCCN)C(=O)N[C@@H](CC(N)=O)C(=O)N[C@@H](CC(N)=O)C(=O)N1CCC[C@H]1C(=O)N[C@@H](Cc1c[nH]c2ccccc12)C(=O)N[C@H](C(=O)O)C(C)C. The number of primary amides is 3. The number of nitrogens with zero attached hydrogens (tertiary/aromatic N) is 2. The summed E-state index contributed by atoms with van der Waals surface area (Å²) in [5, 5.41) is 45.9. The average Bonchev–Trinajstić information content (AvgIpc) is 1.65. The molecule has 15 amide bonds. The topological polar surface area (TPSA) is 603 Å². The molecule has 2 aliphatic rings. The number of hydrogen-bond acceptors (Lipinski definition) is 20. The Kier molecular flexibility index (Phi) is 36.8. The second kappa shape index (κ2) is 44.9. The number of benzene rings is 2. The van der Waals surface area contributed by atoms with Crippen molar-refractivity contribution in [3.05, 3.63) is 71.9 Å². The number of rotatable bonds is 47. The maximum atomic E-state index is 14.6. The van der Waals surface area contributed by atoms with E-state index in [4.69, 9.17) is 28.7 Å². The smallest absolute Gasteiger partial charge is 0.326 e. The highest BCUT2D eigenvalue weighted by molar-refractivity contribution is 7.98. The third kappa shape index (κ3) is 28.8. The molecule has 0 bridgehead atoms. The lowest BCUT2D eigenvalue weighted by atomic mass is 10.0. The molecule has 3 aromatic rings. The minimum absolute atomic E-state index is 0.0219. The van der Waals surface area contributed by atoms with Crippen LogP contribution in [0.15, 0.2) is 60.8 Å². The third-order valence-electron chi connectivity index (χ3n) is 18.9. The minimum Gasteiger partial charge on any atom is -0.481 e. The van der Waals surface area contributed by atoms with Gasteiger partial charge in [0.05, 0.1) is 31.7 Å². The van der Waals surface area contributed by atoms with Crippen LogP contribution in [0.2, 0.25) is 0 Å². The summed E-state index contributed by atoms with van der Waals surface area (Å²) in [6, 6.07) is -3.73. The number of para-hydroxylation sites is 1. The normalized spacial score (nSPS) is 17.0. The highest BCUT2D eigenvalue weighted by atomic mass is 32.2. The second-order valence-corrected chi connectivity index (χ2v) is 30.3. The number of fused-ring (bicyclic) bond motifs is 1. The fraction of sp³-hybridized carbons (Fsp3) is 0.581. The van der Waals surface area contributed by atoms with Crippen molar-refractivity contribution in [2.45, 2.75) is 223 Å². The second-order valence-electron chi connectivity index (χ2n) is 29.3. The van der Waals surface area contributed by atoms with E-state index in [9.17, 15) is 91.7 Å². The zero-order valence-corrected chi connectivity index (χ0v) is 65.0. The van der Waals surface area contributed by atoms with Crippen LogP contribution in [0.25, 0.3) is 10.9 Å². The Hall–Kier alpha value is -10.8. The molecule has 2 saturated heterocycles. The van der Waals surface area contributed by atoms with Gasteiger partial charge in [-0.3, -0.25) is 76.7 Å². The minimum atomic E-state index is -1.92. The maximum Gasteiger partial charge on any atom is 0.326 e. The first-order valence-electron chi connectivity index (χ1n) is 37.4. The number of aliphatic carboxylic acids is 2. The molecule has 0 saturated carbocycles. The van der Waals surface area contributed by atoms with Crippen LogP contribution in [-0.4, -0.2) is 236 Å². The van der Waals surface area contributed by atoms with Crippen LogP contribution >= 0.6 is 11.8 Å². The summed E-state index contributed by atoms with van der Waals surface area (Å²) < 4.78 is 0. The van der Waals surface area contributed by atoms with Crippen LogP contribution in [0.4, 0.5) is 0 Å². The van der Waals surface area contributed by atoms with E-state index in [2.05, 4.69) is 58.2 Å². The molecule has 3 heterocycles. The first kappa shape index (κ1) is 91.8. The molecule has 616 valence electrons. The van der Waals surface area contributed by atoms with Crippen LogP contribution in [0.1, 0.15) is 143 Å². The van der Waals surface area contributed by atoms with E-state index in [1.165, 1.54) is 11.8 Å². The Bertz CT molecular complexity index is 3840. The number of aromatic nitrogens is 1. The summed E-state index contributed by atoms with van der Waals surface area (Å²) >= 11 is 1.26. The summed E-state index contributed by atoms with van der Waals surface area (Å²) in [5.74, 6) is -18.8. The highest BCUT2D eigenvalue weighted by Crippen LogP contribution is 2.25.